The minimum atomic E-state index is -1.18. The second-order valence-corrected chi connectivity index (χ2v) is 3.25. The smallest absolute Gasteiger partial charge is 0.336 e. The molecule has 5 heteroatoms. The van der Waals surface area contributed by atoms with Crippen LogP contribution in [0.3, 0.4) is 0 Å². The maximum absolute atomic E-state index is 11.6. The quantitative estimate of drug-likeness (QED) is 0.733. The molecule has 1 amide bonds. The Morgan fingerprint density at radius 3 is 2.38 bits per heavy atom. The Balaban J connectivity index is 2.99. The molecule has 5 nitrogen and oxygen atoms in total. The van der Waals surface area contributed by atoms with Gasteiger partial charge < -0.3 is 15.2 Å². The van der Waals surface area contributed by atoms with Gasteiger partial charge in [-0.1, -0.05) is 12.1 Å². The Kier molecular flexibility index (Phi) is 3.77. The van der Waals surface area contributed by atoms with Crippen molar-refractivity contribution in [2.45, 2.75) is 13.0 Å². The van der Waals surface area contributed by atoms with E-state index in [-0.39, 0.29) is 11.1 Å². The summed E-state index contributed by atoms with van der Waals surface area (Å²) in [7, 11) is 0. The van der Waals surface area contributed by atoms with Crippen LogP contribution in [0, 0.1) is 0 Å². The second-order valence-electron chi connectivity index (χ2n) is 3.25. The van der Waals surface area contributed by atoms with Gasteiger partial charge in [0, 0.05) is 0 Å². The monoisotopic (exact) mass is 221 g/mol. The van der Waals surface area contributed by atoms with E-state index < -0.39 is 17.9 Å². The molecule has 0 bridgehead atoms. The molecule has 0 aliphatic heterocycles. The van der Waals surface area contributed by atoms with Gasteiger partial charge in [0.1, 0.15) is 6.29 Å². The Hall–Kier alpha value is -2.17. The zero-order chi connectivity index (χ0) is 12.1. The van der Waals surface area contributed by atoms with E-state index in [0.29, 0.717) is 6.29 Å². The molecule has 2 N–H and O–H groups in total. The fourth-order valence-electron chi connectivity index (χ4n) is 1.19. The van der Waals surface area contributed by atoms with Crippen LogP contribution < -0.4 is 5.32 Å². The third-order valence-electron chi connectivity index (χ3n) is 1.96. The van der Waals surface area contributed by atoms with Crippen LogP contribution >= 0.6 is 0 Å². The highest BCUT2D eigenvalue weighted by molar-refractivity contribution is 6.05. The van der Waals surface area contributed by atoms with Crippen LogP contribution in [0.2, 0.25) is 0 Å². The van der Waals surface area contributed by atoms with Gasteiger partial charge in [0.15, 0.2) is 0 Å². The molecule has 0 aromatic heterocycles. The van der Waals surface area contributed by atoms with Gasteiger partial charge in [-0.25, -0.2) is 4.79 Å². The molecule has 1 unspecified atom stereocenters. The van der Waals surface area contributed by atoms with Crippen LogP contribution in [0.1, 0.15) is 27.6 Å². The normalized spacial score (nSPS) is 11.6. The lowest BCUT2D eigenvalue weighted by molar-refractivity contribution is -0.109. The lowest BCUT2D eigenvalue weighted by Crippen LogP contribution is -2.34. The summed E-state index contributed by atoms with van der Waals surface area (Å²) in [6.07, 6.45) is 0.571. The zero-order valence-corrected chi connectivity index (χ0v) is 8.64. The molecule has 0 aliphatic carbocycles. The van der Waals surface area contributed by atoms with E-state index in [1.165, 1.54) is 25.1 Å². The fraction of sp³-hybridized carbons (Fsp3) is 0.182. The molecule has 0 saturated carbocycles. The first kappa shape index (κ1) is 11.9. The molecule has 1 atom stereocenters. The van der Waals surface area contributed by atoms with E-state index in [1.54, 1.807) is 6.07 Å². The van der Waals surface area contributed by atoms with Crippen LogP contribution in [0.25, 0.3) is 0 Å². The summed E-state index contributed by atoms with van der Waals surface area (Å²) < 4.78 is 0. The third kappa shape index (κ3) is 2.66. The maximum Gasteiger partial charge on any atom is 0.336 e. The highest BCUT2D eigenvalue weighted by Crippen LogP contribution is 2.08. The summed E-state index contributed by atoms with van der Waals surface area (Å²) in [4.78, 5) is 32.8. The van der Waals surface area contributed by atoms with Gasteiger partial charge >= 0.3 is 5.97 Å². The molecule has 1 aromatic carbocycles. The summed E-state index contributed by atoms with van der Waals surface area (Å²) in [5.41, 5.74) is -0.0400. The number of hydrogen-bond acceptors (Lipinski definition) is 3. The molecule has 16 heavy (non-hydrogen) atoms. The SMILES string of the molecule is CC(C=O)NC(=O)c1ccccc1C(=O)O. The van der Waals surface area contributed by atoms with Gasteiger partial charge in [-0.3, -0.25) is 4.79 Å². The molecule has 0 heterocycles. The summed E-state index contributed by atoms with van der Waals surface area (Å²) in [6, 6.07) is 5.18. The van der Waals surface area contributed by atoms with E-state index in [2.05, 4.69) is 5.32 Å². The molecular weight excluding hydrogens is 210 g/mol. The largest absolute Gasteiger partial charge is 0.478 e. The Bertz CT molecular complexity index is 428. The van der Waals surface area contributed by atoms with Crippen molar-refractivity contribution in [2.24, 2.45) is 0 Å². The van der Waals surface area contributed by atoms with Gasteiger partial charge in [-0.05, 0) is 19.1 Å². The first-order valence-corrected chi connectivity index (χ1v) is 4.64. The number of hydrogen-bond donors (Lipinski definition) is 2. The first-order chi connectivity index (χ1) is 7.56. The van der Waals surface area contributed by atoms with E-state index in [4.69, 9.17) is 5.11 Å². The summed E-state index contributed by atoms with van der Waals surface area (Å²) in [5, 5.41) is 11.2. The molecule has 84 valence electrons. The van der Waals surface area contributed by atoms with Crippen LogP contribution in [-0.2, 0) is 4.79 Å². The van der Waals surface area contributed by atoms with Gasteiger partial charge in [0.25, 0.3) is 5.91 Å². The second kappa shape index (κ2) is 5.06. The molecule has 0 aliphatic rings. The van der Waals surface area contributed by atoms with Crippen LogP contribution in [0.4, 0.5) is 0 Å². The number of benzene rings is 1. The van der Waals surface area contributed by atoms with E-state index >= 15 is 0 Å². The van der Waals surface area contributed by atoms with Crippen molar-refractivity contribution in [2.75, 3.05) is 0 Å². The molecular formula is C11H11NO4. The molecule has 1 aromatic rings. The molecule has 1 rings (SSSR count). The van der Waals surface area contributed by atoms with Crippen molar-refractivity contribution < 1.29 is 19.5 Å². The number of aldehydes is 1. The lowest BCUT2D eigenvalue weighted by Gasteiger charge is -2.09. The number of nitrogens with one attached hydrogen (secondary N) is 1. The number of carboxylic acid groups (broad SMARTS) is 1. The standard InChI is InChI=1S/C11H11NO4/c1-7(6-13)12-10(14)8-4-2-3-5-9(8)11(15)16/h2-7H,1H3,(H,12,14)(H,15,16). The number of aromatic carboxylic acids is 1. The highest BCUT2D eigenvalue weighted by atomic mass is 16.4. The molecule has 0 spiro atoms. The topological polar surface area (TPSA) is 83.5 Å². The zero-order valence-electron chi connectivity index (χ0n) is 8.64. The Morgan fingerprint density at radius 2 is 1.88 bits per heavy atom. The molecule has 0 saturated heterocycles. The average Bonchev–Trinajstić information content (AvgIpc) is 2.28. The Morgan fingerprint density at radius 1 is 1.31 bits per heavy atom. The number of rotatable bonds is 4. The minimum Gasteiger partial charge on any atom is -0.478 e. The molecule has 0 fully saturated rings. The summed E-state index contributed by atoms with van der Waals surface area (Å²) >= 11 is 0. The summed E-state index contributed by atoms with van der Waals surface area (Å²) in [6.45, 7) is 1.51. The minimum absolute atomic E-state index is 0.0451. The number of amides is 1. The van der Waals surface area contributed by atoms with Crippen LogP contribution in [0.15, 0.2) is 24.3 Å². The van der Waals surface area contributed by atoms with E-state index in [9.17, 15) is 14.4 Å². The van der Waals surface area contributed by atoms with Crippen molar-refractivity contribution >= 4 is 18.2 Å². The first-order valence-electron chi connectivity index (χ1n) is 4.64. The Labute approximate surface area is 92.1 Å². The van der Waals surface area contributed by atoms with Gasteiger partial charge in [-0.15, -0.1) is 0 Å². The van der Waals surface area contributed by atoms with Crippen molar-refractivity contribution in [3.05, 3.63) is 35.4 Å². The number of carboxylic acids is 1. The van der Waals surface area contributed by atoms with Crippen molar-refractivity contribution in [3.63, 3.8) is 0 Å². The van der Waals surface area contributed by atoms with Crippen molar-refractivity contribution in [3.8, 4) is 0 Å². The number of carbonyl (C=O) groups is 3. The van der Waals surface area contributed by atoms with Gasteiger partial charge in [0.05, 0.1) is 17.2 Å². The maximum atomic E-state index is 11.6. The predicted molar refractivity (Wildman–Crippen MR) is 56.4 cm³/mol. The van der Waals surface area contributed by atoms with Gasteiger partial charge in [0.2, 0.25) is 0 Å². The predicted octanol–water partition coefficient (Wildman–Crippen LogP) is 0.702. The van der Waals surface area contributed by atoms with E-state index in [0.717, 1.165) is 0 Å². The summed E-state index contributed by atoms with van der Waals surface area (Å²) in [5.74, 6) is -1.75. The van der Waals surface area contributed by atoms with Gasteiger partial charge in [-0.2, -0.15) is 0 Å². The average molecular weight is 221 g/mol. The van der Waals surface area contributed by atoms with E-state index in [1.807, 2.05) is 0 Å². The van der Waals surface area contributed by atoms with Crippen molar-refractivity contribution in [1.29, 1.82) is 0 Å². The third-order valence-corrected chi connectivity index (χ3v) is 1.96. The fourth-order valence-corrected chi connectivity index (χ4v) is 1.19. The van der Waals surface area contributed by atoms with Crippen LogP contribution in [-0.4, -0.2) is 29.3 Å². The highest BCUT2D eigenvalue weighted by Gasteiger charge is 2.16. The number of carbonyl (C=O) groups excluding carboxylic acids is 2. The van der Waals surface area contributed by atoms with Crippen LogP contribution in [0.5, 0.6) is 0 Å². The lowest BCUT2D eigenvalue weighted by atomic mass is 10.1. The molecule has 0 radical (unpaired) electrons. The van der Waals surface area contributed by atoms with Crippen molar-refractivity contribution in [1.82, 2.24) is 5.32 Å².